The predicted molar refractivity (Wildman–Crippen MR) is 156 cm³/mol. The van der Waals surface area contributed by atoms with E-state index in [-0.39, 0.29) is 36.5 Å². The summed E-state index contributed by atoms with van der Waals surface area (Å²) in [5, 5.41) is 12.4. The highest BCUT2D eigenvalue weighted by Gasteiger charge is 2.53. The average Bonchev–Trinajstić information content (AvgIpc) is 3.64. The molecule has 0 saturated carbocycles. The topological polar surface area (TPSA) is 106 Å². The number of likely N-dealkylation sites (tertiary alicyclic amines) is 3. The number of alkyl carbamates (subject to hydrolysis) is 1. The van der Waals surface area contributed by atoms with Crippen LogP contribution < -0.4 is 5.32 Å². The lowest BCUT2D eigenvalue weighted by molar-refractivity contribution is -0.140. The minimum Gasteiger partial charge on any atom is -0.444 e. The number of carbonyl (C=O) groups is 3. The quantitative estimate of drug-likeness (QED) is 0.590. The van der Waals surface area contributed by atoms with Crippen molar-refractivity contribution in [2.24, 2.45) is 0 Å². The van der Waals surface area contributed by atoms with Gasteiger partial charge in [-0.1, -0.05) is 48.5 Å². The number of nitriles is 1. The van der Waals surface area contributed by atoms with Crippen molar-refractivity contribution in [2.45, 2.75) is 88.7 Å². The van der Waals surface area contributed by atoms with Crippen LogP contribution in [0, 0.1) is 11.3 Å². The fraction of sp³-hybridized carbons (Fsp3) is 0.515. The van der Waals surface area contributed by atoms with E-state index >= 15 is 0 Å². The molecule has 220 valence electrons. The number of carbonyl (C=O) groups excluding carboxylic acids is 3. The first-order valence-corrected chi connectivity index (χ1v) is 15.1. The number of aryl methyl sites for hydroxylation is 2. The predicted octanol–water partition coefficient (Wildman–Crippen LogP) is 3.57. The highest BCUT2D eigenvalue weighted by molar-refractivity contribution is 5.88. The van der Waals surface area contributed by atoms with Crippen LogP contribution in [0.5, 0.6) is 0 Å². The molecule has 0 spiro atoms. The zero-order valence-corrected chi connectivity index (χ0v) is 24.6. The summed E-state index contributed by atoms with van der Waals surface area (Å²) in [4.78, 5) is 46.3. The minimum absolute atomic E-state index is 0.0114. The molecule has 6 rings (SSSR count). The maximum atomic E-state index is 14.2. The molecule has 4 aliphatic rings. The number of benzene rings is 2. The van der Waals surface area contributed by atoms with Gasteiger partial charge < -0.3 is 19.9 Å². The number of nitrogens with one attached hydrogen (secondary N) is 1. The molecule has 1 aliphatic carbocycles. The Hall–Kier alpha value is -3.90. The van der Waals surface area contributed by atoms with Crippen LogP contribution in [-0.4, -0.2) is 82.0 Å². The lowest BCUT2D eigenvalue weighted by atomic mass is 9.92. The van der Waals surface area contributed by atoms with Gasteiger partial charge in [-0.05, 0) is 75.1 Å². The fourth-order valence-electron chi connectivity index (χ4n) is 7.26. The summed E-state index contributed by atoms with van der Waals surface area (Å²) in [5.41, 5.74) is 4.19. The zero-order chi connectivity index (χ0) is 29.6. The maximum Gasteiger partial charge on any atom is 0.408 e. The third-order valence-electron chi connectivity index (χ3n) is 9.05. The molecule has 1 N–H and O–H groups in total. The molecule has 2 aromatic rings. The number of hydrogen-bond donors (Lipinski definition) is 1. The fourth-order valence-corrected chi connectivity index (χ4v) is 7.26. The van der Waals surface area contributed by atoms with E-state index in [0.29, 0.717) is 25.9 Å². The van der Waals surface area contributed by atoms with Gasteiger partial charge in [0.1, 0.15) is 17.7 Å². The third kappa shape index (κ3) is 5.24. The summed E-state index contributed by atoms with van der Waals surface area (Å²) in [6, 6.07) is 17.1. The van der Waals surface area contributed by atoms with Crippen molar-refractivity contribution >= 4 is 17.9 Å². The van der Waals surface area contributed by atoms with E-state index < -0.39 is 23.8 Å². The summed E-state index contributed by atoms with van der Waals surface area (Å²) in [6.45, 7) is 6.58. The van der Waals surface area contributed by atoms with Crippen molar-refractivity contribution in [1.29, 1.82) is 5.26 Å². The van der Waals surface area contributed by atoms with E-state index in [0.717, 1.165) is 19.3 Å². The molecule has 3 aliphatic heterocycles. The molecular formula is C33H39N5O4. The Kier molecular flexibility index (Phi) is 7.44. The molecule has 2 bridgehead atoms. The van der Waals surface area contributed by atoms with Crippen molar-refractivity contribution in [2.75, 3.05) is 19.6 Å². The average molecular weight is 570 g/mol. The molecule has 2 aromatic carbocycles. The van der Waals surface area contributed by atoms with Gasteiger partial charge >= 0.3 is 6.09 Å². The first-order chi connectivity index (χ1) is 20.1. The van der Waals surface area contributed by atoms with Crippen LogP contribution in [-0.2, 0) is 27.2 Å². The Morgan fingerprint density at radius 2 is 1.71 bits per heavy atom. The van der Waals surface area contributed by atoms with E-state index in [1.54, 1.807) is 25.7 Å². The molecule has 9 heteroatoms. The minimum atomic E-state index is -0.922. The van der Waals surface area contributed by atoms with Gasteiger partial charge in [0.2, 0.25) is 11.8 Å². The number of ether oxygens (including phenoxy) is 1. The Balaban J connectivity index is 1.25. The Labute approximate surface area is 247 Å². The molecular weight excluding hydrogens is 530 g/mol. The van der Waals surface area contributed by atoms with Crippen molar-refractivity contribution in [3.63, 3.8) is 0 Å². The Bertz CT molecular complexity index is 1380. The normalized spacial score (nSPS) is 24.5. The largest absolute Gasteiger partial charge is 0.444 e. The maximum absolute atomic E-state index is 14.2. The Morgan fingerprint density at radius 1 is 1.07 bits per heavy atom. The number of nitrogens with zero attached hydrogens (tertiary/aromatic N) is 4. The van der Waals surface area contributed by atoms with Crippen LogP contribution in [0.4, 0.5) is 4.79 Å². The highest BCUT2D eigenvalue weighted by atomic mass is 16.6. The van der Waals surface area contributed by atoms with E-state index in [4.69, 9.17) is 4.74 Å². The number of hydrogen-bond acceptors (Lipinski definition) is 6. The van der Waals surface area contributed by atoms with Crippen LogP contribution in [0.3, 0.4) is 0 Å². The second-order valence-electron chi connectivity index (χ2n) is 12.9. The van der Waals surface area contributed by atoms with Gasteiger partial charge in [0.25, 0.3) is 0 Å². The lowest BCUT2D eigenvalue weighted by Gasteiger charge is -2.41. The number of amides is 3. The van der Waals surface area contributed by atoms with Gasteiger partial charge in [0.15, 0.2) is 0 Å². The van der Waals surface area contributed by atoms with Crippen molar-refractivity contribution in [1.82, 2.24) is 20.0 Å². The molecule has 0 aromatic heterocycles. The summed E-state index contributed by atoms with van der Waals surface area (Å²) < 4.78 is 5.48. The van der Waals surface area contributed by atoms with Gasteiger partial charge in [0, 0.05) is 25.7 Å². The van der Waals surface area contributed by atoms with Gasteiger partial charge in [-0.2, -0.15) is 5.26 Å². The number of piperazine rings is 1. The smallest absolute Gasteiger partial charge is 0.408 e. The summed E-state index contributed by atoms with van der Waals surface area (Å²) in [5.74, 6) is -0.245. The molecule has 4 atom stereocenters. The SMILES string of the molecule is CC(C)(C)OC(=O)N[C@@H](CN1C[C@H]2C[C@@H]1C(=O)N2C1c2ccccc2CCc2ccccc21)C(=O)N1CCC[C@H]1C#N. The molecule has 9 nitrogen and oxygen atoms in total. The second-order valence-corrected chi connectivity index (χ2v) is 12.9. The zero-order valence-electron chi connectivity index (χ0n) is 24.6. The van der Waals surface area contributed by atoms with E-state index in [1.807, 2.05) is 4.90 Å². The van der Waals surface area contributed by atoms with Crippen molar-refractivity contribution in [3.8, 4) is 6.07 Å². The standard InChI is InChI=1S/C33H39N5O4/c1-33(2,3)42-32(41)35-27(30(39)37-16-8-11-23(37)18-34)20-36-19-24-17-28(36)31(40)38(24)29-25-12-6-4-9-21(25)14-15-22-10-5-7-13-26(22)29/h4-7,9-10,12-13,23-24,27-29H,8,11,14-17,19-20H2,1-3H3,(H,35,41)/t23-,24+,27-,28+/m0/s1. The Morgan fingerprint density at radius 3 is 2.31 bits per heavy atom. The van der Waals surface area contributed by atoms with Crippen molar-refractivity contribution in [3.05, 3.63) is 70.8 Å². The van der Waals surface area contributed by atoms with Gasteiger partial charge in [-0.25, -0.2) is 4.79 Å². The molecule has 3 amide bonds. The van der Waals surface area contributed by atoms with Gasteiger partial charge in [-0.15, -0.1) is 0 Å². The van der Waals surface area contributed by atoms with Crippen LogP contribution in [0.2, 0.25) is 0 Å². The molecule has 42 heavy (non-hydrogen) atoms. The first-order valence-electron chi connectivity index (χ1n) is 15.1. The van der Waals surface area contributed by atoms with Crippen LogP contribution in [0.1, 0.15) is 68.3 Å². The molecule has 3 heterocycles. The second kappa shape index (κ2) is 11.1. The molecule has 0 radical (unpaired) electrons. The van der Waals surface area contributed by atoms with E-state index in [1.165, 1.54) is 22.3 Å². The molecule has 3 fully saturated rings. The van der Waals surface area contributed by atoms with E-state index in [2.05, 4.69) is 64.8 Å². The van der Waals surface area contributed by atoms with Crippen molar-refractivity contribution < 1.29 is 19.1 Å². The monoisotopic (exact) mass is 569 g/mol. The van der Waals surface area contributed by atoms with E-state index in [9.17, 15) is 19.6 Å². The third-order valence-corrected chi connectivity index (χ3v) is 9.05. The summed E-state index contributed by atoms with van der Waals surface area (Å²) in [6.07, 6.45) is 3.23. The van der Waals surface area contributed by atoms with Crippen LogP contribution in [0.15, 0.2) is 48.5 Å². The lowest BCUT2D eigenvalue weighted by Crippen LogP contribution is -2.59. The molecule has 3 saturated heterocycles. The van der Waals surface area contributed by atoms with Gasteiger partial charge in [0.05, 0.1) is 18.2 Å². The first kappa shape index (κ1) is 28.2. The van der Waals surface area contributed by atoms with Gasteiger partial charge in [-0.3, -0.25) is 14.5 Å². The number of rotatable bonds is 5. The summed E-state index contributed by atoms with van der Waals surface area (Å²) >= 11 is 0. The summed E-state index contributed by atoms with van der Waals surface area (Å²) in [7, 11) is 0. The number of fused-ring (bicyclic) bond motifs is 4. The van der Waals surface area contributed by atoms with Crippen LogP contribution >= 0.6 is 0 Å². The highest BCUT2D eigenvalue weighted by Crippen LogP contribution is 2.44. The van der Waals surface area contributed by atoms with Crippen LogP contribution in [0.25, 0.3) is 0 Å². The molecule has 0 unspecified atom stereocenters.